The van der Waals surface area contributed by atoms with Crippen molar-refractivity contribution in [3.05, 3.63) is 34.9 Å². The first-order valence-electron chi connectivity index (χ1n) is 7.60. The molecule has 0 radical (unpaired) electrons. The fraction of sp³-hybridized carbons (Fsp3) is 0.500. The smallest absolute Gasteiger partial charge is 0.260 e. The van der Waals surface area contributed by atoms with E-state index in [1.165, 1.54) is 12.6 Å². The van der Waals surface area contributed by atoms with E-state index >= 15 is 0 Å². The summed E-state index contributed by atoms with van der Waals surface area (Å²) in [5, 5.41) is 7.31. The van der Waals surface area contributed by atoms with Crippen LogP contribution in [0.5, 0.6) is 0 Å². The van der Waals surface area contributed by atoms with Gasteiger partial charge >= 0.3 is 0 Å². The average Bonchev–Trinajstić information content (AvgIpc) is 2.97. The summed E-state index contributed by atoms with van der Waals surface area (Å²) in [6, 6.07) is 7.70. The normalized spacial score (nSPS) is 18.7. The van der Waals surface area contributed by atoms with Gasteiger partial charge in [-0.2, -0.15) is 0 Å². The third-order valence-electron chi connectivity index (χ3n) is 3.76. The topological polar surface area (TPSA) is 53.9 Å². The van der Waals surface area contributed by atoms with Crippen molar-refractivity contribution in [3.63, 3.8) is 0 Å². The lowest BCUT2D eigenvalue weighted by Crippen LogP contribution is -2.41. The highest BCUT2D eigenvalue weighted by atomic mass is 35.5. The number of nitrogens with one attached hydrogen (secondary N) is 1. The van der Waals surface area contributed by atoms with E-state index in [4.69, 9.17) is 16.4 Å². The highest BCUT2D eigenvalue weighted by Gasteiger charge is 2.22. The van der Waals surface area contributed by atoms with Crippen molar-refractivity contribution in [2.75, 3.05) is 26.2 Å². The summed E-state index contributed by atoms with van der Waals surface area (Å²) in [5.74, 6) is -0.147. The van der Waals surface area contributed by atoms with Gasteiger partial charge in [0.2, 0.25) is 0 Å². The standard InChI is InChI=1S/C16H22ClN3O2/c1-2-20-8-4-7-15(20)11-18-16(21)12-22-19-10-13-5-3-6-14(17)9-13/h3,5-6,9-10,15H,2,4,7-8,11-12H2,1H3,(H,18,21)/b19-10+/t15-/m0/s1. The Morgan fingerprint density at radius 1 is 1.59 bits per heavy atom. The zero-order chi connectivity index (χ0) is 15.8. The number of likely N-dealkylation sites (tertiary alicyclic amines) is 1. The van der Waals surface area contributed by atoms with Crippen LogP contribution in [0.1, 0.15) is 25.3 Å². The van der Waals surface area contributed by atoms with Crippen molar-refractivity contribution >= 4 is 23.7 Å². The first-order chi connectivity index (χ1) is 10.7. The van der Waals surface area contributed by atoms with Gasteiger partial charge in [0.05, 0.1) is 6.21 Å². The van der Waals surface area contributed by atoms with E-state index in [1.54, 1.807) is 12.1 Å². The van der Waals surface area contributed by atoms with E-state index < -0.39 is 0 Å². The van der Waals surface area contributed by atoms with Gasteiger partial charge in [-0.05, 0) is 43.6 Å². The van der Waals surface area contributed by atoms with E-state index in [0.717, 1.165) is 25.1 Å². The van der Waals surface area contributed by atoms with Crippen LogP contribution in [0.15, 0.2) is 29.4 Å². The van der Waals surface area contributed by atoms with Gasteiger partial charge in [-0.15, -0.1) is 0 Å². The molecule has 2 rings (SSSR count). The van der Waals surface area contributed by atoms with Crippen LogP contribution < -0.4 is 5.32 Å². The van der Waals surface area contributed by atoms with Crippen LogP contribution in [0.4, 0.5) is 0 Å². The second-order valence-corrected chi connectivity index (χ2v) is 5.73. The minimum absolute atomic E-state index is 0.0735. The molecule has 1 N–H and O–H groups in total. The molecular formula is C16H22ClN3O2. The number of nitrogens with zero attached hydrogens (tertiary/aromatic N) is 2. The summed E-state index contributed by atoms with van der Waals surface area (Å²) in [5.41, 5.74) is 0.831. The first-order valence-corrected chi connectivity index (χ1v) is 7.98. The van der Waals surface area contributed by atoms with Crippen LogP contribution in [0.3, 0.4) is 0 Å². The second kappa shape index (κ2) is 8.76. The predicted octanol–water partition coefficient (Wildman–Crippen LogP) is 2.29. The molecule has 1 aromatic carbocycles. The van der Waals surface area contributed by atoms with Crippen LogP contribution in [0.25, 0.3) is 0 Å². The van der Waals surface area contributed by atoms with Crippen molar-refractivity contribution in [1.82, 2.24) is 10.2 Å². The molecule has 0 aromatic heterocycles. The van der Waals surface area contributed by atoms with E-state index in [9.17, 15) is 4.79 Å². The van der Waals surface area contributed by atoms with E-state index in [-0.39, 0.29) is 12.5 Å². The van der Waals surface area contributed by atoms with E-state index in [2.05, 4.69) is 22.3 Å². The molecule has 0 saturated carbocycles. The van der Waals surface area contributed by atoms with Crippen molar-refractivity contribution in [3.8, 4) is 0 Å². The van der Waals surface area contributed by atoms with Gasteiger partial charge in [-0.1, -0.05) is 35.8 Å². The van der Waals surface area contributed by atoms with Crippen LogP contribution in [0, 0.1) is 0 Å². The lowest BCUT2D eigenvalue weighted by Gasteiger charge is -2.22. The largest absolute Gasteiger partial charge is 0.386 e. The van der Waals surface area contributed by atoms with Crippen LogP contribution >= 0.6 is 11.6 Å². The maximum atomic E-state index is 11.7. The number of carbonyl (C=O) groups excluding carboxylic acids is 1. The van der Waals surface area contributed by atoms with Gasteiger partial charge in [-0.3, -0.25) is 9.69 Å². The van der Waals surface area contributed by atoms with Crippen molar-refractivity contribution < 1.29 is 9.63 Å². The van der Waals surface area contributed by atoms with E-state index in [0.29, 0.717) is 17.6 Å². The first kappa shape index (κ1) is 16.8. The lowest BCUT2D eigenvalue weighted by atomic mass is 10.2. The zero-order valence-corrected chi connectivity index (χ0v) is 13.6. The van der Waals surface area contributed by atoms with Crippen molar-refractivity contribution in [1.29, 1.82) is 0 Å². The molecule has 1 aliphatic heterocycles. The number of amides is 1. The third-order valence-corrected chi connectivity index (χ3v) is 4.00. The minimum atomic E-state index is -0.147. The Balaban J connectivity index is 1.65. The highest BCUT2D eigenvalue weighted by molar-refractivity contribution is 6.30. The maximum absolute atomic E-state index is 11.7. The van der Waals surface area contributed by atoms with Gasteiger partial charge in [0.15, 0.2) is 6.61 Å². The SMILES string of the molecule is CCN1CCC[C@H]1CNC(=O)CO/N=C/c1cccc(Cl)c1. The molecule has 1 aromatic rings. The molecule has 1 saturated heterocycles. The molecule has 0 bridgehead atoms. The Labute approximate surface area is 136 Å². The van der Waals surface area contributed by atoms with Gasteiger partial charge in [0.25, 0.3) is 5.91 Å². The predicted molar refractivity (Wildman–Crippen MR) is 88.3 cm³/mol. The fourth-order valence-corrected chi connectivity index (χ4v) is 2.80. The van der Waals surface area contributed by atoms with Gasteiger partial charge < -0.3 is 10.2 Å². The Hall–Kier alpha value is -1.59. The maximum Gasteiger partial charge on any atom is 0.260 e. The number of halogens is 1. The summed E-state index contributed by atoms with van der Waals surface area (Å²) in [4.78, 5) is 19.1. The number of carbonyl (C=O) groups is 1. The number of benzene rings is 1. The molecule has 1 atom stereocenters. The van der Waals surface area contributed by atoms with Crippen LogP contribution in [0.2, 0.25) is 5.02 Å². The Kier molecular flexibility index (Phi) is 6.68. The molecule has 0 spiro atoms. The molecule has 0 aliphatic carbocycles. The summed E-state index contributed by atoms with van der Waals surface area (Å²) < 4.78 is 0. The van der Waals surface area contributed by atoms with E-state index in [1.807, 2.05) is 12.1 Å². The van der Waals surface area contributed by atoms with Gasteiger partial charge in [0.1, 0.15) is 0 Å². The van der Waals surface area contributed by atoms with Gasteiger partial charge in [-0.25, -0.2) is 0 Å². The Morgan fingerprint density at radius 2 is 2.45 bits per heavy atom. The molecule has 120 valence electrons. The quantitative estimate of drug-likeness (QED) is 0.619. The van der Waals surface area contributed by atoms with Crippen LogP contribution in [-0.2, 0) is 9.63 Å². The number of hydrogen-bond donors (Lipinski definition) is 1. The molecule has 0 unspecified atom stereocenters. The molecule has 6 heteroatoms. The van der Waals surface area contributed by atoms with Gasteiger partial charge in [0, 0.05) is 17.6 Å². The molecule has 5 nitrogen and oxygen atoms in total. The molecule has 1 amide bonds. The summed E-state index contributed by atoms with van der Waals surface area (Å²) in [7, 11) is 0. The Bertz CT molecular complexity index is 522. The molecule has 22 heavy (non-hydrogen) atoms. The summed E-state index contributed by atoms with van der Waals surface area (Å²) >= 11 is 5.86. The summed E-state index contributed by atoms with van der Waals surface area (Å²) in [6.45, 7) is 4.90. The fourth-order valence-electron chi connectivity index (χ4n) is 2.61. The van der Waals surface area contributed by atoms with Crippen molar-refractivity contribution in [2.45, 2.75) is 25.8 Å². The second-order valence-electron chi connectivity index (χ2n) is 5.29. The van der Waals surface area contributed by atoms with Crippen molar-refractivity contribution in [2.24, 2.45) is 5.16 Å². The Morgan fingerprint density at radius 3 is 3.23 bits per heavy atom. The number of rotatable bonds is 7. The number of hydrogen-bond acceptors (Lipinski definition) is 4. The highest BCUT2D eigenvalue weighted by Crippen LogP contribution is 2.15. The average molecular weight is 324 g/mol. The molecule has 1 fully saturated rings. The molecular weight excluding hydrogens is 302 g/mol. The zero-order valence-electron chi connectivity index (χ0n) is 12.8. The van der Waals surface area contributed by atoms with Crippen LogP contribution in [-0.4, -0.2) is 49.3 Å². The monoisotopic (exact) mass is 323 g/mol. The number of oxime groups is 1. The molecule has 1 aliphatic rings. The third kappa shape index (κ3) is 5.31. The lowest BCUT2D eigenvalue weighted by molar-refractivity contribution is -0.125. The minimum Gasteiger partial charge on any atom is -0.386 e. The summed E-state index contributed by atoms with van der Waals surface area (Å²) in [6.07, 6.45) is 3.88. The molecule has 1 heterocycles. The number of likely N-dealkylation sites (N-methyl/N-ethyl adjacent to an activating group) is 1.